The average molecular weight is 434 g/mol. The first-order valence-electron chi connectivity index (χ1n) is 5.53. The third kappa shape index (κ3) is 4.03. The first-order valence-corrected chi connectivity index (χ1v) is 7.49. The monoisotopic (exact) mass is 432 g/mol. The van der Waals surface area contributed by atoms with E-state index >= 15 is 0 Å². The van der Waals surface area contributed by atoms with Crippen LogP contribution in [0.2, 0.25) is 5.15 Å². The lowest BCUT2D eigenvalue weighted by molar-refractivity contribution is 0.0696. The zero-order valence-electron chi connectivity index (χ0n) is 10.2. The van der Waals surface area contributed by atoms with Gasteiger partial charge >= 0.3 is 5.97 Å². The summed E-state index contributed by atoms with van der Waals surface area (Å²) in [4.78, 5) is 27.0. The zero-order valence-corrected chi connectivity index (χ0v) is 14.2. The Balaban J connectivity index is 2.31. The van der Waals surface area contributed by atoms with Gasteiger partial charge < -0.3 is 10.4 Å². The van der Waals surface area contributed by atoms with Gasteiger partial charge in [-0.1, -0.05) is 27.5 Å². The molecule has 0 radical (unpaired) electrons. The number of aromatic nitrogens is 1. The third-order valence-corrected chi connectivity index (χ3v) is 3.65. The summed E-state index contributed by atoms with van der Waals surface area (Å²) < 4.78 is 1.15. The number of carboxylic acid groups (broad SMARTS) is 1. The molecule has 1 heterocycles. The highest BCUT2D eigenvalue weighted by Crippen LogP contribution is 2.23. The van der Waals surface area contributed by atoms with Gasteiger partial charge in [0.2, 0.25) is 0 Å². The fourth-order valence-electron chi connectivity index (χ4n) is 1.57. The van der Waals surface area contributed by atoms with Crippen LogP contribution in [0.15, 0.2) is 39.4 Å². The SMILES string of the molecule is O=C(O)c1cc(Br)cc(NC(=O)c2cc(Br)cnc2Cl)c1. The second-order valence-corrected chi connectivity index (χ2v) is 6.17. The molecule has 0 saturated carbocycles. The molecule has 0 saturated heterocycles. The minimum absolute atomic E-state index is 0.0538. The Morgan fingerprint density at radius 1 is 1.14 bits per heavy atom. The molecule has 5 nitrogen and oxygen atoms in total. The standard InChI is InChI=1S/C13H7Br2ClN2O3/c14-7-1-6(13(20)21)2-9(3-7)18-12(19)10-4-8(15)5-17-11(10)16/h1-5H,(H,18,19)(H,20,21). The highest BCUT2D eigenvalue weighted by molar-refractivity contribution is 9.10. The molecule has 0 bridgehead atoms. The molecule has 1 aromatic carbocycles. The number of pyridine rings is 1. The minimum atomic E-state index is -1.09. The van der Waals surface area contributed by atoms with Crippen molar-refractivity contribution in [2.75, 3.05) is 5.32 Å². The van der Waals surface area contributed by atoms with Gasteiger partial charge in [0.1, 0.15) is 5.15 Å². The van der Waals surface area contributed by atoms with Gasteiger partial charge in [-0.3, -0.25) is 4.79 Å². The van der Waals surface area contributed by atoms with Gasteiger partial charge in [0.05, 0.1) is 11.1 Å². The fourth-order valence-corrected chi connectivity index (χ4v) is 2.58. The van der Waals surface area contributed by atoms with E-state index < -0.39 is 11.9 Å². The molecule has 0 spiro atoms. The van der Waals surface area contributed by atoms with Gasteiger partial charge in [0.25, 0.3) is 5.91 Å². The Morgan fingerprint density at radius 3 is 2.52 bits per heavy atom. The van der Waals surface area contributed by atoms with E-state index in [0.717, 1.165) is 0 Å². The number of carboxylic acids is 1. The van der Waals surface area contributed by atoms with E-state index in [1.807, 2.05) is 0 Å². The number of aromatic carboxylic acids is 1. The van der Waals surface area contributed by atoms with Crippen LogP contribution in [0, 0.1) is 0 Å². The summed E-state index contributed by atoms with van der Waals surface area (Å²) in [7, 11) is 0. The van der Waals surface area contributed by atoms with Crippen LogP contribution in [-0.2, 0) is 0 Å². The van der Waals surface area contributed by atoms with E-state index in [1.54, 1.807) is 6.07 Å². The Labute approximate surface area is 141 Å². The van der Waals surface area contributed by atoms with Crippen molar-refractivity contribution in [3.05, 3.63) is 55.7 Å². The number of carbonyl (C=O) groups is 2. The maximum Gasteiger partial charge on any atom is 0.335 e. The Kier molecular flexibility index (Phi) is 4.97. The second kappa shape index (κ2) is 6.55. The summed E-state index contributed by atoms with van der Waals surface area (Å²) in [6.45, 7) is 0. The molecule has 2 N–H and O–H groups in total. The summed E-state index contributed by atoms with van der Waals surface area (Å²) in [6.07, 6.45) is 1.47. The number of nitrogens with zero attached hydrogens (tertiary/aromatic N) is 1. The number of hydrogen-bond donors (Lipinski definition) is 2. The summed E-state index contributed by atoms with van der Waals surface area (Å²) >= 11 is 12.3. The molecule has 0 atom stereocenters. The average Bonchev–Trinajstić information content (AvgIpc) is 2.40. The lowest BCUT2D eigenvalue weighted by Gasteiger charge is -2.08. The van der Waals surface area contributed by atoms with Crippen LogP contribution in [0.1, 0.15) is 20.7 Å². The molecule has 2 aromatic rings. The number of nitrogens with one attached hydrogen (secondary N) is 1. The van der Waals surface area contributed by atoms with Gasteiger partial charge in [0, 0.05) is 20.8 Å². The number of carbonyl (C=O) groups excluding carboxylic acids is 1. The molecule has 0 fully saturated rings. The van der Waals surface area contributed by atoms with Crippen LogP contribution in [0.3, 0.4) is 0 Å². The molecule has 2 rings (SSSR count). The maximum absolute atomic E-state index is 12.2. The number of hydrogen-bond acceptors (Lipinski definition) is 3. The molecule has 1 amide bonds. The maximum atomic E-state index is 12.2. The molecule has 1 aromatic heterocycles. The summed E-state index contributed by atoms with van der Waals surface area (Å²) in [6, 6.07) is 5.90. The summed E-state index contributed by atoms with van der Waals surface area (Å²) in [5, 5.41) is 11.6. The molecular weight excluding hydrogens is 427 g/mol. The van der Waals surface area contributed by atoms with Crippen molar-refractivity contribution in [1.29, 1.82) is 0 Å². The second-order valence-electron chi connectivity index (χ2n) is 3.98. The molecule has 0 aliphatic rings. The fraction of sp³-hybridized carbons (Fsp3) is 0. The predicted molar refractivity (Wildman–Crippen MR) is 86.0 cm³/mol. The van der Waals surface area contributed by atoms with Gasteiger partial charge in [-0.15, -0.1) is 0 Å². The number of benzene rings is 1. The van der Waals surface area contributed by atoms with Gasteiger partial charge in [-0.2, -0.15) is 0 Å². The minimum Gasteiger partial charge on any atom is -0.478 e. The topological polar surface area (TPSA) is 79.3 Å². The molecular formula is C13H7Br2ClN2O3. The van der Waals surface area contributed by atoms with Crippen molar-refractivity contribution >= 4 is 61.0 Å². The van der Waals surface area contributed by atoms with Crippen LogP contribution < -0.4 is 5.32 Å². The van der Waals surface area contributed by atoms with Crippen LogP contribution in [0.5, 0.6) is 0 Å². The molecule has 0 aliphatic carbocycles. The van der Waals surface area contributed by atoms with Crippen LogP contribution in [0.25, 0.3) is 0 Å². The molecule has 108 valence electrons. The smallest absolute Gasteiger partial charge is 0.335 e. The number of rotatable bonds is 3. The molecule has 0 aliphatic heterocycles. The lowest BCUT2D eigenvalue weighted by Crippen LogP contribution is -2.13. The van der Waals surface area contributed by atoms with E-state index in [9.17, 15) is 9.59 Å². The lowest BCUT2D eigenvalue weighted by atomic mass is 10.2. The summed E-state index contributed by atoms with van der Waals surface area (Å²) in [5.74, 6) is -1.57. The quantitative estimate of drug-likeness (QED) is 0.710. The van der Waals surface area contributed by atoms with E-state index in [1.165, 1.54) is 24.4 Å². The Morgan fingerprint density at radius 2 is 1.86 bits per heavy atom. The van der Waals surface area contributed by atoms with E-state index in [2.05, 4.69) is 42.2 Å². The van der Waals surface area contributed by atoms with Crippen LogP contribution in [0.4, 0.5) is 5.69 Å². The summed E-state index contributed by atoms with van der Waals surface area (Å²) in [5.41, 5.74) is 0.573. The number of amides is 1. The van der Waals surface area contributed by atoms with Gasteiger partial charge in [-0.05, 0) is 40.2 Å². The molecule has 8 heteroatoms. The van der Waals surface area contributed by atoms with Crippen molar-refractivity contribution in [2.45, 2.75) is 0 Å². The van der Waals surface area contributed by atoms with Gasteiger partial charge in [0.15, 0.2) is 0 Å². The van der Waals surface area contributed by atoms with E-state index in [4.69, 9.17) is 16.7 Å². The van der Waals surface area contributed by atoms with Crippen molar-refractivity contribution in [3.8, 4) is 0 Å². The van der Waals surface area contributed by atoms with Crippen molar-refractivity contribution in [2.24, 2.45) is 0 Å². The van der Waals surface area contributed by atoms with Crippen LogP contribution in [-0.4, -0.2) is 22.0 Å². The normalized spacial score (nSPS) is 10.2. The highest BCUT2D eigenvalue weighted by atomic mass is 79.9. The molecule has 0 unspecified atom stereocenters. The van der Waals surface area contributed by atoms with Crippen molar-refractivity contribution < 1.29 is 14.7 Å². The Hall–Kier alpha value is -1.44. The number of anilines is 1. The Bertz CT molecular complexity index is 737. The predicted octanol–water partition coefficient (Wildman–Crippen LogP) is 4.21. The largest absolute Gasteiger partial charge is 0.478 e. The molecule has 21 heavy (non-hydrogen) atoms. The van der Waals surface area contributed by atoms with Crippen molar-refractivity contribution in [1.82, 2.24) is 4.98 Å². The highest BCUT2D eigenvalue weighted by Gasteiger charge is 2.14. The first kappa shape index (κ1) is 15.9. The zero-order chi connectivity index (χ0) is 15.6. The van der Waals surface area contributed by atoms with Gasteiger partial charge in [-0.25, -0.2) is 9.78 Å². The van der Waals surface area contributed by atoms with E-state index in [-0.39, 0.29) is 16.3 Å². The van der Waals surface area contributed by atoms with Crippen LogP contribution >= 0.6 is 43.5 Å². The van der Waals surface area contributed by atoms with Crippen molar-refractivity contribution in [3.63, 3.8) is 0 Å². The van der Waals surface area contributed by atoms with E-state index in [0.29, 0.717) is 14.6 Å². The number of halogens is 3. The first-order chi connectivity index (χ1) is 9.86. The third-order valence-electron chi connectivity index (χ3n) is 2.45.